The molecule has 1 amide bonds. The summed E-state index contributed by atoms with van der Waals surface area (Å²) in [6, 6.07) is 14.4. The van der Waals surface area contributed by atoms with Crippen LogP contribution in [-0.2, 0) is 11.2 Å². The zero-order chi connectivity index (χ0) is 17.9. The Kier molecular flexibility index (Phi) is 4.95. The van der Waals surface area contributed by atoms with E-state index in [1.807, 2.05) is 29.2 Å². The predicted octanol–water partition coefficient (Wildman–Crippen LogP) is 3.54. The smallest absolute Gasteiger partial charge is 0.223 e. The maximum Gasteiger partial charge on any atom is 0.223 e. The van der Waals surface area contributed by atoms with Gasteiger partial charge in [-0.15, -0.1) is 11.3 Å². The molecule has 3 aromatic rings. The van der Waals surface area contributed by atoms with Gasteiger partial charge in [0.25, 0.3) is 0 Å². The molecule has 0 aliphatic carbocycles. The summed E-state index contributed by atoms with van der Waals surface area (Å²) in [7, 11) is 0. The SMILES string of the molecule is O=C(CCc1nc2ccccc2s1)N1CCNCC1c1cccc(F)c1. The zero-order valence-corrected chi connectivity index (χ0v) is 15.1. The minimum Gasteiger partial charge on any atom is -0.333 e. The monoisotopic (exact) mass is 369 g/mol. The van der Waals surface area contributed by atoms with Crippen molar-refractivity contribution in [2.24, 2.45) is 0 Å². The number of aromatic nitrogens is 1. The number of piperazine rings is 1. The zero-order valence-electron chi connectivity index (χ0n) is 14.3. The van der Waals surface area contributed by atoms with Crippen molar-refractivity contribution in [3.8, 4) is 0 Å². The van der Waals surface area contributed by atoms with E-state index < -0.39 is 0 Å². The van der Waals surface area contributed by atoms with Gasteiger partial charge in [0.05, 0.1) is 21.3 Å². The molecule has 134 valence electrons. The quantitative estimate of drug-likeness (QED) is 0.765. The second-order valence-corrected chi connectivity index (χ2v) is 7.55. The Morgan fingerprint density at radius 2 is 2.15 bits per heavy atom. The van der Waals surface area contributed by atoms with Crippen molar-refractivity contribution in [1.29, 1.82) is 0 Å². The second-order valence-electron chi connectivity index (χ2n) is 6.44. The first-order valence-corrected chi connectivity index (χ1v) is 9.62. The molecule has 6 heteroatoms. The Morgan fingerprint density at radius 3 is 3.00 bits per heavy atom. The van der Waals surface area contributed by atoms with Crippen LogP contribution < -0.4 is 5.32 Å². The number of carbonyl (C=O) groups is 1. The van der Waals surface area contributed by atoms with Gasteiger partial charge in [-0.3, -0.25) is 4.79 Å². The van der Waals surface area contributed by atoms with Crippen molar-refractivity contribution in [2.75, 3.05) is 19.6 Å². The number of thiazole rings is 1. The summed E-state index contributed by atoms with van der Waals surface area (Å²) in [5, 5.41) is 4.29. The first kappa shape index (κ1) is 17.1. The van der Waals surface area contributed by atoms with Crippen molar-refractivity contribution in [1.82, 2.24) is 15.2 Å². The number of benzene rings is 2. The molecule has 0 bridgehead atoms. The van der Waals surface area contributed by atoms with Gasteiger partial charge in [-0.1, -0.05) is 24.3 Å². The van der Waals surface area contributed by atoms with Crippen molar-refractivity contribution in [3.05, 3.63) is 64.9 Å². The number of aryl methyl sites for hydroxylation is 1. The number of carbonyl (C=O) groups excluding carboxylic acids is 1. The van der Waals surface area contributed by atoms with Gasteiger partial charge in [0, 0.05) is 32.5 Å². The topological polar surface area (TPSA) is 45.2 Å². The highest BCUT2D eigenvalue weighted by molar-refractivity contribution is 7.18. The maximum atomic E-state index is 13.6. The van der Waals surface area contributed by atoms with Crippen LogP contribution in [0.1, 0.15) is 23.0 Å². The Labute approximate surface area is 155 Å². The average Bonchev–Trinajstić information content (AvgIpc) is 3.09. The fourth-order valence-electron chi connectivity index (χ4n) is 3.40. The number of amides is 1. The molecule has 1 aliphatic heterocycles. The van der Waals surface area contributed by atoms with Gasteiger partial charge in [0.15, 0.2) is 0 Å². The van der Waals surface area contributed by atoms with Crippen LogP contribution in [0.4, 0.5) is 4.39 Å². The highest BCUT2D eigenvalue weighted by Gasteiger charge is 2.27. The van der Waals surface area contributed by atoms with Gasteiger partial charge in [0.2, 0.25) is 5.91 Å². The molecular formula is C20H20FN3OS. The minimum absolute atomic E-state index is 0.0972. The largest absolute Gasteiger partial charge is 0.333 e. The molecule has 1 fully saturated rings. The summed E-state index contributed by atoms with van der Waals surface area (Å²) in [6.07, 6.45) is 1.06. The lowest BCUT2D eigenvalue weighted by atomic mass is 10.0. The molecule has 4 rings (SSSR count). The molecule has 2 aromatic carbocycles. The molecule has 2 heterocycles. The molecule has 0 spiro atoms. The third-order valence-corrected chi connectivity index (χ3v) is 5.78. The molecule has 26 heavy (non-hydrogen) atoms. The normalized spacial score (nSPS) is 17.6. The summed E-state index contributed by atoms with van der Waals surface area (Å²) in [5.41, 5.74) is 1.82. The van der Waals surface area contributed by atoms with E-state index in [1.165, 1.54) is 12.1 Å². The van der Waals surface area contributed by atoms with Gasteiger partial charge in [0.1, 0.15) is 5.82 Å². The predicted molar refractivity (Wildman–Crippen MR) is 102 cm³/mol. The van der Waals surface area contributed by atoms with E-state index >= 15 is 0 Å². The highest BCUT2D eigenvalue weighted by atomic mass is 32.1. The maximum absolute atomic E-state index is 13.6. The van der Waals surface area contributed by atoms with E-state index in [1.54, 1.807) is 17.4 Å². The lowest BCUT2D eigenvalue weighted by molar-refractivity contribution is -0.134. The number of hydrogen-bond acceptors (Lipinski definition) is 4. The number of rotatable bonds is 4. The Hall–Kier alpha value is -2.31. The summed E-state index contributed by atoms with van der Waals surface area (Å²) < 4.78 is 14.7. The number of hydrogen-bond donors (Lipinski definition) is 1. The van der Waals surface area contributed by atoms with E-state index in [9.17, 15) is 9.18 Å². The van der Waals surface area contributed by atoms with Crippen molar-refractivity contribution in [3.63, 3.8) is 0 Å². The van der Waals surface area contributed by atoms with Crippen LogP contribution in [0.3, 0.4) is 0 Å². The Morgan fingerprint density at radius 1 is 1.27 bits per heavy atom. The summed E-state index contributed by atoms with van der Waals surface area (Å²) in [5.74, 6) is -0.171. The first-order chi connectivity index (χ1) is 12.7. The molecule has 1 N–H and O–H groups in total. The van der Waals surface area contributed by atoms with Crippen LogP contribution >= 0.6 is 11.3 Å². The molecule has 1 saturated heterocycles. The van der Waals surface area contributed by atoms with Crippen LogP contribution in [0.15, 0.2) is 48.5 Å². The summed E-state index contributed by atoms with van der Waals surface area (Å²) in [4.78, 5) is 19.3. The second kappa shape index (κ2) is 7.51. The van der Waals surface area contributed by atoms with Gasteiger partial charge in [-0.05, 0) is 29.8 Å². The van der Waals surface area contributed by atoms with Gasteiger partial charge in [-0.2, -0.15) is 0 Å². The standard InChI is InChI=1S/C20H20FN3OS/c21-15-5-3-4-14(12-15)17-13-22-10-11-24(17)20(25)9-8-19-23-16-6-1-2-7-18(16)26-19/h1-7,12,17,22H,8-11,13H2. The van der Waals surface area contributed by atoms with E-state index in [0.29, 0.717) is 25.9 Å². The van der Waals surface area contributed by atoms with Crippen LogP contribution in [0, 0.1) is 5.82 Å². The number of para-hydroxylation sites is 1. The molecular weight excluding hydrogens is 349 g/mol. The van der Waals surface area contributed by atoms with Gasteiger partial charge in [-0.25, -0.2) is 9.37 Å². The summed E-state index contributed by atoms with van der Waals surface area (Å²) >= 11 is 1.64. The van der Waals surface area contributed by atoms with Crippen LogP contribution in [0.25, 0.3) is 10.2 Å². The number of nitrogens with one attached hydrogen (secondary N) is 1. The Balaban J connectivity index is 1.46. The summed E-state index contributed by atoms with van der Waals surface area (Å²) in [6.45, 7) is 2.05. The molecule has 1 aliphatic rings. The fraction of sp³-hybridized carbons (Fsp3) is 0.300. The molecule has 0 saturated carbocycles. The Bertz CT molecular complexity index is 893. The third kappa shape index (κ3) is 3.61. The number of fused-ring (bicyclic) bond motifs is 1. The third-order valence-electron chi connectivity index (χ3n) is 4.69. The van der Waals surface area contributed by atoms with Crippen molar-refractivity contribution in [2.45, 2.75) is 18.9 Å². The lowest BCUT2D eigenvalue weighted by Crippen LogP contribution is -2.48. The lowest BCUT2D eigenvalue weighted by Gasteiger charge is -2.36. The van der Waals surface area contributed by atoms with E-state index in [0.717, 1.165) is 27.3 Å². The van der Waals surface area contributed by atoms with Crippen LogP contribution in [0.2, 0.25) is 0 Å². The van der Waals surface area contributed by atoms with Gasteiger partial charge < -0.3 is 10.2 Å². The molecule has 1 aromatic heterocycles. The van der Waals surface area contributed by atoms with Crippen molar-refractivity contribution >= 4 is 27.5 Å². The highest BCUT2D eigenvalue weighted by Crippen LogP contribution is 2.26. The van der Waals surface area contributed by atoms with Gasteiger partial charge >= 0.3 is 0 Å². The number of nitrogens with zero attached hydrogens (tertiary/aromatic N) is 2. The van der Waals surface area contributed by atoms with Crippen LogP contribution in [-0.4, -0.2) is 35.4 Å². The molecule has 1 atom stereocenters. The van der Waals surface area contributed by atoms with E-state index in [2.05, 4.69) is 16.4 Å². The van der Waals surface area contributed by atoms with Crippen LogP contribution in [0.5, 0.6) is 0 Å². The first-order valence-electron chi connectivity index (χ1n) is 8.81. The molecule has 4 nitrogen and oxygen atoms in total. The fourth-order valence-corrected chi connectivity index (χ4v) is 4.37. The number of halogens is 1. The average molecular weight is 369 g/mol. The molecule has 1 unspecified atom stereocenters. The van der Waals surface area contributed by atoms with E-state index in [4.69, 9.17) is 0 Å². The molecule has 0 radical (unpaired) electrons. The van der Waals surface area contributed by atoms with E-state index in [-0.39, 0.29) is 17.8 Å². The van der Waals surface area contributed by atoms with Crippen molar-refractivity contribution < 1.29 is 9.18 Å². The minimum atomic E-state index is -0.269.